The molecule has 0 bridgehead atoms. The van der Waals surface area contributed by atoms with E-state index in [2.05, 4.69) is 17.4 Å². The van der Waals surface area contributed by atoms with E-state index in [4.69, 9.17) is 10.2 Å². The van der Waals surface area contributed by atoms with Crippen molar-refractivity contribution in [2.75, 3.05) is 0 Å². The maximum atomic E-state index is 9.21. The summed E-state index contributed by atoms with van der Waals surface area (Å²) in [6, 6.07) is 0. The van der Waals surface area contributed by atoms with Gasteiger partial charge in [0.05, 0.1) is 0 Å². The van der Waals surface area contributed by atoms with Gasteiger partial charge in [0.2, 0.25) is 0 Å². The Morgan fingerprint density at radius 2 is 1.93 bits per heavy atom. The second-order valence-corrected chi connectivity index (χ2v) is 2.86. The van der Waals surface area contributed by atoms with E-state index in [1.54, 1.807) is 0 Å². The highest BCUT2D eigenvalue weighted by Gasteiger charge is 2.01. The van der Waals surface area contributed by atoms with E-state index in [0.717, 1.165) is 0 Å². The first kappa shape index (κ1) is 13.2. The third-order valence-electron chi connectivity index (χ3n) is 1.76. The lowest BCUT2D eigenvalue weighted by atomic mass is 10.0. The van der Waals surface area contributed by atoms with Crippen molar-refractivity contribution < 1.29 is 24.5 Å². The Morgan fingerprint density at radius 3 is 2.13 bits per heavy atom. The lowest BCUT2D eigenvalue weighted by molar-refractivity contribution is 0.0802. The summed E-state index contributed by atoms with van der Waals surface area (Å²) in [6.07, 6.45) is 5.88. The summed E-state index contributed by atoms with van der Waals surface area (Å²) in [5.41, 5.74) is 1.44. The summed E-state index contributed by atoms with van der Waals surface area (Å²) >= 11 is 0. The average Bonchev–Trinajstić information content (AvgIpc) is 2.18. The van der Waals surface area contributed by atoms with Gasteiger partial charge in [0.15, 0.2) is 0 Å². The first-order valence-corrected chi connectivity index (χ1v) is 4.51. The minimum absolute atomic E-state index is 1.25. The molecular formula is C10H14O5. The van der Waals surface area contributed by atoms with Crippen LogP contribution >= 0.6 is 0 Å². The Hall–Kier alpha value is -1.78. The van der Waals surface area contributed by atoms with Crippen molar-refractivity contribution in [1.29, 1.82) is 0 Å². The van der Waals surface area contributed by atoms with Gasteiger partial charge in [-0.05, 0) is 25.7 Å². The van der Waals surface area contributed by atoms with Crippen LogP contribution in [-0.2, 0) is 4.74 Å². The fraction of sp³-hybridized carbons (Fsp3) is 0.400. The van der Waals surface area contributed by atoms with Crippen molar-refractivity contribution in [1.82, 2.24) is 0 Å². The molecule has 0 aliphatic heterocycles. The molecule has 0 atom stereocenters. The molecule has 0 aromatic heterocycles. The van der Waals surface area contributed by atoms with Crippen LogP contribution in [0.2, 0.25) is 0 Å². The number of carboxylic acid groups (broad SMARTS) is 2. The van der Waals surface area contributed by atoms with E-state index >= 15 is 0 Å². The van der Waals surface area contributed by atoms with Crippen LogP contribution in [0.25, 0.3) is 0 Å². The second kappa shape index (κ2) is 7.61. The Balaban J connectivity index is 0.000000265. The summed E-state index contributed by atoms with van der Waals surface area (Å²) in [5, 5.41) is 15.0. The predicted octanol–water partition coefficient (Wildman–Crippen LogP) is 3.03. The number of ether oxygens (including phenoxy) is 1. The topological polar surface area (TPSA) is 83.8 Å². The molecule has 0 saturated heterocycles. The highest BCUT2D eigenvalue weighted by atomic mass is 16.7. The molecule has 2 N–H and O–H groups in total. The molecule has 0 amide bonds. The van der Waals surface area contributed by atoms with Crippen molar-refractivity contribution in [3.05, 3.63) is 24.3 Å². The van der Waals surface area contributed by atoms with Gasteiger partial charge in [0.1, 0.15) is 0 Å². The Labute approximate surface area is 87.7 Å². The zero-order valence-electron chi connectivity index (χ0n) is 8.31. The Morgan fingerprint density at radius 1 is 1.33 bits per heavy atom. The van der Waals surface area contributed by atoms with Crippen LogP contribution in [0.4, 0.5) is 9.59 Å². The predicted molar refractivity (Wildman–Crippen MR) is 53.9 cm³/mol. The van der Waals surface area contributed by atoms with Crippen LogP contribution in [0.3, 0.4) is 0 Å². The van der Waals surface area contributed by atoms with Gasteiger partial charge < -0.3 is 14.9 Å². The molecule has 5 heteroatoms. The minimum atomic E-state index is -1.81. The first-order chi connectivity index (χ1) is 7.06. The van der Waals surface area contributed by atoms with E-state index in [9.17, 15) is 9.59 Å². The molecule has 0 radical (unpaired) electrons. The highest BCUT2D eigenvalue weighted by molar-refractivity contribution is 5.74. The van der Waals surface area contributed by atoms with Crippen LogP contribution < -0.4 is 0 Å². The number of rotatable bonds is 1. The molecule has 0 unspecified atom stereocenters. The lowest BCUT2D eigenvalue weighted by Crippen LogP contribution is -2.05. The summed E-state index contributed by atoms with van der Waals surface area (Å²) in [4.78, 5) is 18.4. The summed E-state index contributed by atoms with van der Waals surface area (Å²) in [6.45, 7) is 3.72. The SMILES string of the molecule is C=CC1=CCCCC1.O=C(O)OC(=O)O. The third kappa shape index (κ3) is 8.55. The van der Waals surface area contributed by atoms with Crippen molar-refractivity contribution in [3.63, 3.8) is 0 Å². The van der Waals surface area contributed by atoms with Crippen LogP contribution in [0.1, 0.15) is 25.7 Å². The molecule has 0 fully saturated rings. The largest absolute Gasteiger partial charge is 0.516 e. The number of hydrogen-bond donors (Lipinski definition) is 2. The monoisotopic (exact) mass is 214 g/mol. The normalized spacial score (nSPS) is 14.0. The van der Waals surface area contributed by atoms with E-state index in [1.807, 2.05) is 6.08 Å². The molecule has 0 spiro atoms. The van der Waals surface area contributed by atoms with Crippen LogP contribution in [0, 0.1) is 0 Å². The van der Waals surface area contributed by atoms with E-state index in [1.165, 1.54) is 31.3 Å². The number of carbonyl (C=O) groups is 2. The molecule has 1 rings (SSSR count). The summed E-state index contributed by atoms with van der Waals surface area (Å²) < 4.78 is 3.08. The molecule has 0 saturated carbocycles. The molecular weight excluding hydrogens is 200 g/mol. The maximum absolute atomic E-state index is 9.21. The molecule has 15 heavy (non-hydrogen) atoms. The third-order valence-corrected chi connectivity index (χ3v) is 1.76. The Bertz CT molecular complexity index is 255. The Kier molecular flexibility index (Phi) is 6.70. The molecule has 5 nitrogen and oxygen atoms in total. The van der Waals surface area contributed by atoms with Crippen LogP contribution in [-0.4, -0.2) is 22.5 Å². The van der Waals surface area contributed by atoms with Crippen molar-refractivity contribution >= 4 is 12.3 Å². The minimum Gasteiger partial charge on any atom is -0.449 e. The average molecular weight is 214 g/mol. The van der Waals surface area contributed by atoms with Crippen LogP contribution in [0.15, 0.2) is 24.3 Å². The van der Waals surface area contributed by atoms with E-state index in [0.29, 0.717) is 0 Å². The highest BCUT2D eigenvalue weighted by Crippen LogP contribution is 2.16. The standard InChI is InChI=1S/C8H12.C2H2O5/c1-2-8-6-4-3-5-7-8;3-1(4)7-2(5)6/h2,6H,1,3-5,7H2;(H,3,4)(H,5,6). The fourth-order valence-corrected chi connectivity index (χ4v) is 1.12. The molecule has 0 heterocycles. The second-order valence-electron chi connectivity index (χ2n) is 2.86. The number of allylic oxidation sites excluding steroid dienone is 3. The first-order valence-electron chi connectivity index (χ1n) is 4.51. The molecule has 84 valence electrons. The number of hydrogen-bond acceptors (Lipinski definition) is 3. The van der Waals surface area contributed by atoms with Gasteiger partial charge in [-0.1, -0.05) is 24.3 Å². The fourth-order valence-electron chi connectivity index (χ4n) is 1.12. The van der Waals surface area contributed by atoms with Gasteiger partial charge in [-0.2, -0.15) is 0 Å². The summed E-state index contributed by atoms with van der Waals surface area (Å²) in [5.74, 6) is 0. The lowest BCUT2D eigenvalue weighted by Gasteiger charge is -2.06. The van der Waals surface area contributed by atoms with Crippen molar-refractivity contribution in [3.8, 4) is 0 Å². The molecule has 0 aromatic rings. The van der Waals surface area contributed by atoms with Crippen molar-refractivity contribution in [2.45, 2.75) is 25.7 Å². The van der Waals surface area contributed by atoms with E-state index < -0.39 is 12.3 Å². The van der Waals surface area contributed by atoms with Gasteiger partial charge in [0.25, 0.3) is 0 Å². The van der Waals surface area contributed by atoms with Crippen LogP contribution in [0.5, 0.6) is 0 Å². The van der Waals surface area contributed by atoms with E-state index in [-0.39, 0.29) is 0 Å². The zero-order valence-corrected chi connectivity index (χ0v) is 8.31. The van der Waals surface area contributed by atoms with Gasteiger partial charge in [0, 0.05) is 0 Å². The van der Waals surface area contributed by atoms with Gasteiger partial charge in [-0.25, -0.2) is 9.59 Å². The van der Waals surface area contributed by atoms with Crippen molar-refractivity contribution in [2.24, 2.45) is 0 Å². The quantitative estimate of drug-likeness (QED) is 0.517. The summed E-state index contributed by atoms with van der Waals surface area (Å²) in [7, 11) is 0. The zero-order chi connectivity index (χ0) is 11.7. The van der Waals surface area contributed by atoms with Gasteiger partial charge in [-0.3, -0.25) is 0 Å². The molecule has 1 aliphatic rings. The molecule has 1 aliphatic carbocycles. The molecule has 0 aromatic carbocycles. The van der Waals surface area contributed by atoms with Gasteiger partial charge in [-0.15, -0.1) is 0 Å². The van der Waals surface area contributed by atoms with Gasteiger partial charge >= 0.3 is 12.3 Å². The smallest absolute Gasteiger partial charge is 0.449 e. The maximum Gasteiger partial charge on any atom is 0.516 e.